The maximum atomic E-state index is 6.07. The first-order valence-corrected chi connectivity index (χ1v) is 8.11. The lowest BCUT2D eigenvalue weighted by Crippen LogP contribution is -2.48. The number of halogens is 1. The van der Waals surface area contributed by atoms with Gasteiger partial charge in [0, 0.05) is 22.2 Å². The molecule has 1 aromatic rings. The van der Waals surface area contributed by atoms with E-state index in [1.165, 1.54) is 43.4 Å². The Kier molecular flexibility index (Phi) is 4.91. The van der Waals surface area contributed by atoms with Gasteiger partial charge in [-0.3, -0.25) is 0 Å². The van der Waals surface area contributed by atoms with E-state index in [0.29, 0.717) is 0 Å². The second-order valence-corrected chi connectivity index (χ2v) is 6.89. The second kappa shape index (κ2) is 6.27. The predicted molar refractivity (Wildman–Crippen MR) is 86.5 cm³/mol. The van der Waals surface area contributed by atoms with Crippen LogP contribution in [-0.2, 0) is 0 Å². The molecule has 106 valence electrons. The summed E-state index contributed by atoms with van der Waals surface area (Å²) in [6.45, 7) is 5.14. The fourth-order valence-corrected chi connectivity index (χ4v) is 3.74. The first-order valence-electron chi connectivity index (χ1n) is 7.32. The standard InChI is InChI=1S/C16H25BrN2/c1-3-13-4-6-16(11-18,7-5-13)19-15-9-12(2)8-14(17)10-15/h8-10,13,19H,3-7,11,18H2,1-2H3. The lowest BCUT2D eigenvalue weighted by molar-refractivity contribution is 0.253. The van der Waals surface area contributed by atoms with Crippen molar-refractivity contribution in [2.24, 2.45) is 11.7 Å². The third kappa shape index (κ3) is 3.73. The molecule has 19 heavy (non-hydrogen) atoms. The van der Waals surface area contributed by atoms with Crippen molar-refractivity contribution in [3.8, 4) is 0 Å². The van der Waals surface area contributed by atoms with Crippen molar-refractivity contribution in [3.05, 3.63) is 28.2 Å². The first kappa shape index (κ1) is 14.9. The molecule has 1 saturated carbocycles. The van der Waals surface area contributed by atoms with Crippen LogP contribution in [0, 0.1) is 12.8 Å². The van der Waals surface area contributed by atoms with Gasteiger partial charge in [-0.1, -0.05) is 29.3 Å². The summed E-state index contributed by atoms with van der Waals surface area (Å²) in [5, 5.41) is 3.72. The highest BCUT2D eigenvalue weighted by molar-refractivity contribution is 9.10. The van der Waals surface area contributed by atoms with Crippen molar-refractivity contribution in [2.75, 3.05) is 11.9 Å². The third-order valence-electron chi connectivity index (χ3n) is 4.48. The molecule has 0 amide bonds. The number of anilines is 1. The topological polar surface area (TPSA) is 38.0 Å². The molecule has 0 atom stereocenters. The molecule has 0 radical (unpaired) electrons. The molecule has 1 aliphatic carbocycles. The van der Waals surface area contributed by atoms with Crippen LogP contribution in [0.15, 0.2) is 22.7 Å². The van der Waals surface area contributed by atoms with Gasteiger partial charge in [0.15, 0.2) is 0 Å². The molecular weight excluding hydrogens is 300 g/mol. The Morgan fingerprint density at radius 3 is 2.53 bits per heavy atom. The predicted octanol–water partition coefficient (Wildman–Crippen LogP) is 4.47. The van der Waals surface area contributed by atoms with E-state index in [9.17, 15) is 0 Å². The Labute approximate surface area is 125 Å². The van der Waals surface area contributed by atoms with Crippen LogP contribution in [-0.4, -0.2) is 12.1 Å². The second-order valence-electron chi connectivity index (χ2n) is 5.98. The van der Waals surface area contributed by atoms with Gasteiger partial charge in [0.1, 0.15) is 0 Å². The van der Waals surface area contributed by atoms with Crippen molar-refractivity contribution < 1.29 is 0 Å². The van der Waals surface area contributed by atoms with Crippen LogP contribution in [0.1, 0.15) is 44.6 Å². The number of nitrogens with two attached hydrogens (primary N) is 1. The Bertz CT molecular complexity index is 403. The van der Waals surface area contributed by atoms with Crippen LogP contribution in [0.2, 0.25) is 0 Å². The molecular formula is C16H25BrN2. The minimum Gasteiger partial charge on any atom is -0.378 e. The fraction of sp³-hybridized carbons (Fsp3) is 0.625. The highest BCUT2D eigenvalue weighted by atomic mass is 79.9. The van der Waals surface area contributed by atoms with Gasteiger partial charge in [-0.25, -0.2) is 0 Å². The van der Waals surface area contributed by atoms with Gasteiger partial charge in [-0.05, 0) is 62.3 Å². The molecule has 0 aromatic heterocycles. The molecule has 1 aliphatic rings. The van der Waals surface area contributed by atoms with Crippen LogP contribution >= 0.6 is 15.9 Å². The molecule has 3 N–H and O–H groups in total. The van der Waals surface area contributed by atoms with E-state index in [4.69, 9.17) is 5.73 Å². The molecule has 0 aliphatic heterocycles. The van der Waals surface area contributed by atoms with E-state index < -0.39 is 0 Å². The van der Waals surface area contributed by atoms with Crippen LogP contribution in [0.4, 0.5) is 5.69 Å². The van der Waals surface area contributed by atoms with E-state index in [1.807, 2.05) is 0 Å². The molecule has 0 saturated heterocycles. The number of rotatable bonds is 4. The third-order valence-corrected chi connectivity index (χ3v) is 4.94. The molecule has 0 bridgehead atoms. The summed E-state index contributed by atoms with van der Waals surface area (Å²) in [4.78, 5) is 0. The fourth-order valence-electron chi connectivity index (χ4n) is 3.13. The normalized spacial score (nSPS) is 27.3. The SMILES string of the molecule is CCC1CCC(CN)(Nc2cc(C)cc(Br)c2)CC1. The van der Waals surface area contributed by atoms with Crippen molar-refractivity contribution in [1.82, 2.24) is 0 Å². The zero-order valence-electron chi connectivity index (χ0n) is 12.0. The highest BCUT2D eigenvalue weighted by Gasteiger charge is 2.33. The van der Waals surface area contributed by atoms with E-state index in [1.54, 1.807) is 0 Å². The van der Waals surface area contributed by atoms with Gasteiger partial charge in [-0.2, -0.15) is 0 Å². The Morgan fingerprint density at radius 1 is 1.32 bits per heavy atom. The van der Waals surface area contributed by atoms with Crippen LogP contribution in [0.25, 0.3) is 0 Å². The summed E-state index contributed by atoms with van der Waals surface area (Å²) in [6.07, 6.45) is 6.28. The number of benzene rings is 1. The lowest BCUT2D eigenvalue weighted by atomic mass is 9.75. The molecule has 0 unspecified atom stereocenters. The summed E-state index contributed by atoms with van der Waals surface area (Å²) in [6, 6.07) is 6.48. The van der Waals surface area contributed by atoms with E-state index in [0.717, 1.165) is 16.9 Å². The maximum Gasteiger partial charge on any atom is 0.0495 e. The summed E-state index contributed by atoms with van der Waals surface area (Å²) in [5.74, 6) is 0.894. The number of nitrogens with one attached hydrogen (secondary N) is 1. The minimum atomic E-state index is 0.0961. The Hall–Kier alpha value is -0.540. The Balaban J connectivity index is 2.10. The summed E-state index contributed by atoms with van der Waals surface area (Å²) < 4.78 is 1.13. The van der Waals surface area contributed by atoms with Crippen molar-refractivity contribution in [2.45, 2.75) is 51.5 Å². The highest BCUT2D eigenvalue weighted by Crippen LogP contribution is 2.36. The zero-order chi connectivity index (χ0) is 13.9. The zero-order valence-corrected chi connectivity index (χ0v) is 13.6. The number of hydrogen-bond acceptors (Lipinski definition) is 2. The van der Waals surface area contributed by atoms with E-state index >= 15 is 0 Å². The van der Waals surface area contributed by atoms with Crippen LogP contribution in [0.5, 0.6) is 0 Å². The average Bonchev–Trinajstić information content (AvgIpc) is 2.38. The van der Waals surface area contributed by atoms with Gasteiger partial charge < -0.3 is 11.1 Å². The van der Waals surface area contributed by atoms with Gasteiger partial charge in [0.05, 0.1) is 0 Å². The molecule has 3 heteroatoms. The van der Waals surface area contributed by atoms with Gasteiger partial charge in [-0.15, -0.1) is 0 Å². The minimum absolute atomic E-state index is 0.0961. The quantitative estimate of drug-likeness (QED) is 0.857. The average molecular weight is 325 g/mol. The van der Waals surface area contributed by atoms with Crippen molar-refractivity contribution in [1.29, 1.82) is 0 Å². The number of hydrogen-bond donors (Lipinski definition) is 2. The lowest BCUT2D eigenvalue weighted by Gasteiger charge is -2.41. The maximum absolute atomic E-state index is 6.07. The van der Waals surface area contributed by atoms with Crippen molar-refractivity contribution in [3.63, 3.8) is 0 Å². The summed E-state index contributed by atoms with van der Waals surface area (Å²) in [7, 11) is 0. The van der Waals surface area contributed by atoms with Crippen molar-refractivity contribution >= 4 is 21.6 Å². The molecule has 0 spiro atoms. The molecule has 2 nitrogen and oxygen atoms in total. The molecule has 1 aromatic carbocycles. The van der Waals surface area contributed by atoms with Gasteiger partial charge in [0.2, 0.25) is 0 Å². The summed E-state index contributed by atoms with van der Waals surface area (Å²) in [5.41, 5.74) is 8.63. The molecule has 0 heterocycles. The monoisotopic (exact) mass is 324 g/mol. The Morgan fingerprint density at radius 2 is 2.00 bits per heavy atom. The van der Waals surface area contributed by atoms with Crippen LogP contribution < -0.4 is 11.1 Å². The van der Waals surface area contributed by atoms with E-state index in [2.05, 4.69) is 53.3 Å². The first-order chi connectivity index (χ1) is 9.07. The molecule has 2 rings (SSSR count). The van der Waals surface area contributed by atoms with Gasteiger partial charge in [0.25, 0.3) is 0 Å². The largest absolute Gasteiger partial charge is 0.378 e. The molecule has 1 fully saturated rings. The van der Waals surface area contributed by atoms with Gasteiger partial charge >= 0.3 is 0 Å². The van der Waals surface area contributed by atoms with E-state index in [-0.39, 0.29) is 5.54 Å². The summed E-state index contributed by atoms with van der Waals surface area (Å²) >= 11 is 3.57. The smallest absolute Gasteiger partial charge is 0.0495 e. The van der Waals surface area contributed by atoms with Crippen LogP contribution in [0.3, 0.4) is 0 Å². The number of aryl methyl sites for hydroxylation is 1.